The van der Waals surface area contributed by atoms with Crippen LogP contribution in [0.1, 0.15) is 23.0 Å². The van der Waals surface area contributed by atoms with E-state index in [-0.39, 0.29) is 6.04 Å². The molecular formula is C17H17N3O2. The van der Waals surface area contributed by atoms with E-state index in [9.17, 15) is 5.11 Å². The Morgan fingerprint density at radius 3 is 2.95 bits per heavy atom. The normalized spacial score (nSPS) is 20.2. The summed E-state index contributed by atoms with van der Waals surface area (Å²) in [5, 5.41) is 20.5. The van der Waals surface area contributed by atoms with Crippen LogP contribution in [-0.4, -0.2) is 21.3 Å². The summed E-state index contributed by atoms with van der Waals surface area (Å²) >= 11 is 0. The van der Waals surface area contributed by atoms with Crippen molar-refractivity contribution in [2.24, 2.45) is 0 Å². The standard InChI is InChI=1S/C17H17N3O2/c21-17-13-4-2-1-3-11(13)9-15(17)18-10-12-5-6-16(22-12)14-7-8-19-20-14/h1-8,15,17-18,21H,9-10H2,(H,19,20)/t15-,17+/m1/s1. The number of benzene rings is 1. The molecule has 112 valence electrons. The summed E-state index contributed by atoms with van der Waals surface area (Å²) in [6.45, 7) is 0.587. The number of nitrogens with zero attached hydrogens (tertiary/aromatic N) is 1. The molecule has 0 amide bonds. The van der Waals surface area contributed by atoms with Crippen LogP contribution in [0, 0.1) is 0 Å². The van der Waals surface area contributed by atoms with Gasteiger partial charge in [-0.05, 0) is 35.7 Å². The second-order valence-electron chi connectivity index (χ2n) is 5.57. The van der Waals surface area contributed by atoms with Crippen LogP contribution in [0.15, 0.2) is 53.1 Å². The first kappa shape index (κ1) is 13.3. The summed E-state index contributed by atoms with van der Waals surface area (Å²) in [6.07, 6.45) is 2.08. The second-order valence-corrected chi connectivity index (χ2v) is 5.57. The number of H-pyrrole nitrogens is 1. The van der Waals surface area contributed by atoms with Gasteiger partial charge >= 0.3 is 0 Å². The van der Waals surface area contributed by atoms with Crippen LogP contribution < -0.4 is 5.32 Å². The molecule has 0 saturated carbocycles. The number of hydrogen-bond acceptors (Lipinski definition) is 4. The summed E-state index contributed by atoms with van der Waals surface area (Å²) < 4.78 is 5.78. The SMILES string of the molecule is O[C@H]1c2ccccc2C[C@H]1NCc1ccc(-c2ccn[nH]2)o1. The minimum absolute atomic E-state index is 0.0260. The molecule has 1 aliphatic carbocycles. The number of nitrogens with one attached hydrogen (secondary N) is 2. The predicted molar refractivity (Wildman–Crippen MR) is 82.0 cm³/mol. The number of aromatic nitrogens is 2. The van der Waals surface area contributed by atoms with Crippen molar-refractivity contribution in [3.8, 4) is 11.5 Å². The van der Waals surface area contributed by atoms with E-state index in [2.05, 4.69) is 21.6 Å². The van der Waals surface area contributed by atoms with E-state index in [0.717, 1.165) is 29.2 Å². The Balaban J connectivity index is 1.42. The van der Waals surface area contributed by atoms with Crippen molar-refractivity contribution < 1.29 is 9.52 Å². The fourth-order valence-electron chi connectivity index (χ4n) is 3.00. The maximum atomic E-state index is 10.4. The lowest BCUT2D eigenvalue weighted by atomic mass is 10.1. The van der Waals surface area contributed by atoms with Gasteiger partial charge in [0.2, 0.25) is 0 Å². The van der Waals surface area contributed by atoms with Gasteiger partial charge in [0.1, 0.15) is 11.5 Å². The van der Waals surface area contributed by atoms with E-state index in [1.54, 1.807) is 6.20 Å². The third kappa shape index (κ3) is 2.34. The van der Waals surface area contributed by atoms with E-state index in [4.69, 9.17) is 4.42 Å². The van der Waals surface area contributed by atoms with Crippen LogP contribution in [0.4, 0.5) is 0 Å². The summed E-state index contributed by atoms with van der Waals surface area (Å²) in [4.78, 5) is 0. The van der Waals surface area contributed by atoms with Crippen molar-refractivity contribution in [3.63, 3.8) is 0 Å². The van der Waals surface area contributed by atoms with E-state index in [1.165, 1.54) is 5.56 Å². The molecule has 0 radical (unpaired) electrons. The number of aliphatic hydroxyl groups excluding tert-OH is 1. The van der Waals surface area contributed by atoms with Gasteiger partial charge in [-0.3, -0.25) is 5.10 Å². The smallest absolute Gasteiger partial charge is 0.152 e. The maximum absolute atomic E-state index is 10.4. The van der Waals surface area contributed by atoms with Gasteiger partial charge in [-0.15, -0.1) is 0 Å². The van der Waals surface area contributed by atoms with E-state index in [0.29, 0.717) is 6.54 Å². The van der Waals surface area contributed by atoms with Gasteiger partial charge in [-0.2, -0.15) is 5.10 Å². The molecule has 0 fully saturated rings. The van der Waals surface area contributed by atoms with Crippen LogP contribution in [0.25, 0.3) is 11.5 Å². The van der Waals surface area contributed by atoms with E-state index < -0.39 is 6.10 Å². The van der Waals surface area contributed by atoms with Crippen molar-refractivity contribution in [1.82, 2.24) is 15.5 Å². The lowest BCUT2D eigenvalue weighted by Gasteiger charge is -2.16. The molecule has 0 spiro atoms. The molecule has 0 unspecified atom stereocenters. The third-order valence-corrected chi connectivity index (χ3v) is 4.16. The zero-order valence-electron chi connectivity index (χ0n) is 12.0. The molecule has 0 bridgehead atoms. The monoisotopic (exact) mass is 295 g/mol. The molecule has 0 aliphatic heterocycles. The first-order chi connectivity index (χ1) is 10.8. The second kappa shape index (κ2) is 5.44. The van der Waals surface area contributed by atoms with Crippen molar-refractivity contribution in [1.29, 1.82) is 0 Å². The minimum atomic E-state index is -0.460. The number of fused-ring (bicyclic) bond motifs is 1. The molecule has 4 rings (SSSR count). The highest BCUT2D eigenvalue weighted by molar-refractivity contribution is 5.51. The van der Waals surface area contributed by atoms with E-state index in [1.807, 2.05) is 36.4 Å². The minimum Gasteiger partial charge on any atom is -0.458 e. The zero-order chi connectivity index (χ0) is 14.9. The average molecular weight is 295 g/mol. The summed E-state index contributed by atoms with van der Waals surface area (Å²) in [5.74, 6) is 1.61. The Morgan fingerprint density at radius 1 is 1.23 bits per heavy atom. The fourth-order valence-corrected chi connectivity index (χ4v) is 3.00. The summed E-state index contributed by atoms with van der Waals surface area (Å²) in [5.41, 5.74) is 3.10. The molecule has 0 saturated heterocycles. The predicted octanol–water partition coefficient (Wildman–Crippen LogP) is 2.42. The number of furan rings is 1. The highest BCUT2D eigenvalue weighted by Crippen LogP contribution is 2.31. The zero-order valence-corrected chi connectivity index (χ0v) is 12.0. The molecular weight excluding hydrogens is 278 g/mol. The topological polar surface area (TPSA) is 74.1 Å². The first-order valence-corrected chi connectivity index (χ1v) is 7.39. The molecule has 2 heterocycles. The van der Waals surface area contributed by atoms with Gasteiger partial charge < -0.3 is 14.8 Å². The van der Waals surface area contributed by atoms with Crippen molar-refractivity contribution >= 4 is 0 Å². The Hall–Kier alpha value is -2.37. The Kier molecular flexibility index (Phi) is 3.29. The number of aromatic amines is 1. The molecule has 3 N–H and O–H groups in total. The summed E-state index contributed by atoms with van der Waals surface area (Å²) in [7, 11) is 0. The Morgan fingerprint density at radius 2 is 2.14 bits per heavy atom. The van der Waals surface area contributed by atoms with Gasteiger partial charge in [0.25, 0.3) is 0 Å². The Bertz CT molecular complexity index is 764. The number of aliphatic hydroxyl groups is 1. The van der Waals surface area contributed by atoms with Gasteiger partial charge in [0.15, 0.2) is 5.76 Å². The third-order valence-electron chi connectivity index (χ3n) is 4.16. The lowest BCUT2D eigenvalue weighted by molar-refractivity contribution is 0.140. The molecule has 1 aromatic carbocycles. The van der Waals surface area contributed by atoms with Crippen LogP contribution in [0.2, 0.25) is 0 Å². The largest absolute Gasteiger partial charge is 0.458 e. The first-order valence-electron chi connectivity index (χ1n) is 7.39. The molecule has 3 aromatic rings. The molecule has 22 heavy (non-hydrogen) atoms. The van der Waals surface area contributed by atoms with Gasteiger partial charge in [-0.1, -0.05) is 24.3 Å². The van der Waals surface area contributed by atoms with Crippen LogP contribution in [0.5, 0.6) is 0 Å². The number of hydrogen-bond donors (Lipinski definition) is 3. The van der Waals surface area contributed by atoms with Crippen LogP contribution in [0.3, 0.4) is 0 Å². The molecule has 1 aliphatic rings. The van der Waals surface area contributed by atoms with Crippen molar-refractivity contribution in [3.05, 3.63) is 65.5 Å². The van der Waals surface area contributed by atoms with Crippen molar-refractivity contribution in [2.45, 2.75) is 25.1 Å². The van der Waals surface area contributed by atoms with Gasteiger partial charge in [0.05, 0.1) is 12.6 Å². The van der Waals surface area contributed by atoms with Gasteiger partial charge in [-0.25, -0.2) is 0 Å². The highest BCUT2D eigenvalue weighted by Gasteiger charge is 2.30. The van der Waals surface area contributed by atoms with E-state index >= 15 is 0 Å². The average Bonchev–Trinajstić information content (AvgIpc) is 3.26. The molecule has 5 heteroatoms. The molecule has 2 atom stereocenters. The quantitative estimate of drug-likeness (QED) is 0.691. The van der Waals surface area contributed by atoms with Gasteiger partial charge in [0, 0.05) is 12.2 Å². The van der Waals surface area contributed by atoms with Crippen molar-refractivity contribution in [2.75, 3.05) is 0 Å². The number of rotatable bonds is 4. The Labute approximate surface area is 128 Å². The molecule has 2 aromatic heterocycles. The maximum Gasteiger partial charge on any atom is 0.152 e. The lowest BCUT2D eigenvalue weighted by Crippen LogP contribution is -2.32. The molecule has 5 nitrogen and oxygen atoms in total. The van der Waals surface area contributed by atoms with Crippen LogP contribution in [-0.2, 0) is 13.0 Å². The fraction of sp³-hybridized carbons (Fsp3) is 0.235. The van der Waals surface area contributed by atoms with Crippen LogP contribution >= 0.6 is 0 Å². The highest BCUT2D eigenvalue weighted by atomic mass is 16.3. The summed E-state index contributed by atoms with van der Waals surface area (Å²) in [6, 6.07) is 13.8.